The molecule has 0 fully saturated rings. The minimum Gasteiger partial charge on any atom is -0.454 e. The maximum atomic E-state index is 13.3. The molecule has 0 aromatic rings. The van der Waals surface area contributed by atoms with Crippen molar-refractivity contribution in [2.24, 2.45) is 10.8 Å². The molecule has 2 aliphatic carbocycles. The van der Waals surface area contributed by atoms with Crippen LogP contribution in [0.15, 0.2) is 130 Å². The van der Waals surface area contributed by atoms with E-state index in [9.17, 15) is 19.5 Å². The molecule has 0 aromatic carbocycles. The molecule has 0 aliphatic heterocycles. The molecule has 2 aliphatic rings. The Labute approximate surface area is 372 Å². The van der Waals surface area contributed by atoms with E-state index in [0.29, 0.717) is 30.4 Å². The number of hydrogen-bond acceptors (Lipinski definition) is 5. The molecule has 61 heavy (non-hydrogen) atoms. The minimum absolute atomic E-state index is 0.0834. The summed E-state index contributed by atoms with van der Waals surface area (Å²) >= 11 is 0. The minimum atomic E-state index is -0.913. The second kappa shape index (κ2) is 27.8. The van der Waals surface area contributed by atoms with Crippen molar-refractivity contribution in [1.82, 2.24) is 0 Å². The molecule has 5 heteroatoms. The van der Waals surface area contributed by atoms with Crippen LogP contribution >= 0.6 is 0 Å². The molecule has 2 atom stereocenters. The largest absolute Gasteiger partial charge is 0.454 e. The molecule has 1 N–H and O–H groups in total. The number of unbranched alkanes of at least 4 members (excludes halogenated alkanes) is 12. The van der Waals surface area contributed by atoms with E-state index in [1.807, 2.05) is 69.4 Å². The summed E-state index contributed by atoms with van der Waals surface area (Å²) in [5.41, 5.74) is 7.12. The number of rotatable bonds is 25. The van der Waals surface area contributed by atoms with Crippen molar-refractivity contribution >= 4 is 17.5 Å². The fourth-order valence-electron chi connectivity index (χ4n) is 8.20. The van der Waals surface area contributed by atoms with E-state index in [4.69, 9.17) is 4.74 Å². The Balaban J connectivity index is 1.82. The third-order valence-corrected chi connectivity index (χ3v) is 12.0. The van der Waals surface area contributed by atoms with Gasteiger partial charge in [-0.05, 0) is 87.5 Å². The van der Waals surface area contributed by atoms with Gasteiger partial charge < -0.3 is 9.84 Å². The van der Waals surface area contributed by atoms with Gasteiger partial charge in [0.15, 0.2) is 17.7 Å². The zero-order valence-electron chi connectivity index (χ0n) is 40.1. The molecule has 5 nitrogen and oxygen atoms in total. The molecule has 0 saturated carbocycles. The highest BCUT2D eigenvalue weighted by Crippen LogP contribution is 2.41. The third-order valence-electron chi connectivity index (χ3n) is 12.0. The molecule has 0 radical (unpaired) electrons. The molecule has 0 aromatic heterocycles. The van der Waals surface area contributed by atoms with Gasteiger partial charge in [0.1, 0.15) is 6.10 Å². The van der Waals surface area contributed by atoms with Crippen LogP contribution in [0.1, 0.15) is 179 Å². The van der Waals surface area contributed by atoms with Gasteiger partial charge in [0, 0.05) is 12.8 Å². The van der Waals surface area contributed by atoms with Crippen molar-refractivity contribution in [2.45, 2.75) is 191 Å². The number of aliphatic hydroxyl groups is 1. The van der Waals surface area contributed by atoms with Gasteiger partial charge in [0.05, 0.1) is 0 Å². The second-order valence-corrected chi connectivity index (χ2v) is 18.9. The average molecular weight is 835 g/mol. The number of esters is 1. The Morgan fingerprint density at radius 2 is 0.951 bits per heavy atom. The quantitative estimate of drug-likeness (QED) is 0.0563. The molecule has 2 unspecified atom stereocenters. The van der Waals surface area contributed by atoms with Crippen LogP contribution in [0.25, 0.3) is 0 Å². The van der Waals surface area contributed by atoms with Crippen molar-refractivity contribution in [2.75, 3.05) is 0 Å². The van der Waals surface area contributed by atoms with Crippen LogP contribution in [0.2, 0.25) is 0 Å². The molecule has 0 heterocycles. The Bertz CT molecular complexity index is 1800. The van der Waals surface area contributed by atoms with Crippen molar-refractivity contribution in [1.29, 1.82) is 0 Å². The maximum Gasteiger partial charge on any atom is 0.306 e. The molecule has 0 spiro atoms. The number of aliphatic hydroxyl groups excluding tert-OH is 1. The summed E-state index contributed by atoms with van der Waals surface area (Å²) < 4.78 is 5.77. The number of carbonyl (C=O) groups is 3. The number of hydrogen-bond donors (Lipinski definition) is 1. The first-order valence-electron chi connectivity index (χ1n) is 23.4. The lowest BCUT2D eigenvalue weighted by Crippen LogP contribution is -2.39. The number of Topliss-reactive ketones (excluding diaryl/α,β-unsaturated/α-hetero) is 2. The van der Waals surface area contributed by atoms with E-state index in [1.54, 1.807) is 6.92 Å². The third kappa shape index (κ3) is 20.1. The molecule has 0 bridgehead atoms. The fourth-order valence-corrected chi connectivity index (χ4v) is 8.20. The van der Waals surface area contributed by atoms with Crippen molar-refractivity contribution < 1.29 is 24.2 Å². The van der Waals surface area contributed by atoms with Gasteiger partial charge in [-0.15, -0.1) is 0 Å². The number of carbonyl (C=O) groups excluding carboxylic acids is 3. The molecule has 0 amide bonds. The highest BCUT2D eigenvalue weighted by Gasteiger charge is 2.40. The van der Waals surface area contributed by atoms with E-state index in [0.717, 1.165) is 52.7 Å². The van der Waals surface area contributed by atoms with Crippen LogP contribution in [0.3, 0.4) is 0 Å². The average Bonchev–Trinajstić information content (AvgIpc) is 3.19. The lowest BCUT2D eigenvalue weighted by atomic mass is 9.71. The first kappa shape index (κ1) is 53.0. The van der Waals surface area contributed by atoms with Crippen molar-refractivity contribution in [3.63, 3.8) is 0 Å². The Morgan fingerprint density at radius 1 is 0.574 bits per heavy atom. The van der Waals surface area contributed by atoms with Crippen molar-refractivity contribution in [3.8, 4) is 0 Å². The summed E-state index contributed by atoms with van der Waals surface area (Å²) in [5.74, 6) is -0.514. The molecule has 336 valence electrons. The topological polar surface area (TPSA) is 80.7 Å². The Morgan fingerprint density at radius 3 is 1.41 bits per heavy atom. The number of ketones is 2. The van der Waals surface area contributed by atoms with Crippen LogP contribution in [0.5, 0.6) is 0 Å². The van der Waals surface area contributed by atoms with E-state index in [2.05, 4.69) is 84.9 Å². The molecular formula is C56H82O5. The summed E-state index contributed by atoms with van der Waals surface area (Å²) in [6.45, 7) is 22.5. The van der Waals surface area contributed by atoms with Crippen LogP contribution < -0.4 is 0 Å². The zero-order chi connectivity index (χ0) is 45.4. The SMILES string of the molecule is CCCCCCCCCCCCCCCC(=O)OC1CC(C)(C)C(/C=C/C(C)=C/C=C/C(C)=C/C=C/C=C(C)/C=C/C=C(C)/C=C/C2=C(C)C(=O)C(O)CC2(C)C)=C(C)C1=O. The van der Waals surface area contributed by atoms with Crippen molar-refractivity contribution in [3.05, 3.63) is 130 Å². The van der Waals surface area contributed by atoms with Crippen LogP contribution in [0, 0.1) is 10.8 Å². The monoisotopic (exact) mass is 835 g/mol. The normalized spacial score (nSPS) is 20.9. The first-order valence-corrected chi connectivity index (χ1v) is 23.4. The van der Waals surface area contributed by atoms with Gasteiger partial charge in [-0.3, -0.25) is 14.4 Å². The van der Waals surface area contributed by atoms with Gasteiger partial charge in [-0.2, -0.15) is 0 Å². The highest BCUT2D eigenvalue weighted by atomic mass is 16.5. The second-order valence-electron chi connectivity index (χ2n) is 18.9. The van der Waals surface area contributed by atoms with Gasteiger partial charge in [-0.25, -0.2) is 0 Å². The van der Waals surface area contributed by atoms with E-state index >= 15 is 0 Å². The Hall–Kier alpha value is -4.09. The standard InChI is InChI=1S/C56H82O5/c1-12-13-14-15-16-17-18-19-20-21-22-23-24-35-52(58)61-51-41-56(10,11)49(47(7)54(51)60)39-37-45(5)34-28-32-43(3)30-26-25-29-42(2)31-27-33-44(4)36-38-48-46(6)53(59)50(57)40-55(48,8)9/h25-34,36-39,50-51,57H,12-24,35,40-41H2,1-11H3/b26-25+,31-27+,32-28+,38-36+,39-37+,42-29+,43-30+,44-33+,45-34+. The smallest absolute Gasteiger partial charge is 0.306 e. The molecule has 0 saturated heterocycles. The lowest BCUT2D eigenvalue weighted by molar-refractivity contribution is -0.156. The van der Waals surface area contributed by atoms with E-state index in [1.165, 1.54) is 64.2 Å². The van der Waals surface area contributed by atoms with E-state index < -0.39 is 12.2 Å². The van der Waals surface area contributed by atoms with Gasteiger partial charge in [-0.1, -0.05) is 219 Å². The first-order chi connectivity index (χ1) is 28.9. The summed E-state index contributed by atoms with van der Waals surface area (Å²) in [5, 5.41) is 10.1. The summed E-state index contributed by atoms with van der Waals surface area (Å²) in [4.78, 5) is 38.4. The predicted octanol–water partition coefficient (Wildman–Crippen LogP) is 14.9. The molecular weight excluding hydrogens is 753 g/mol. The summed E-state index contributed by atoms with van der Waals surface area (Å²) in [6, 6.07) is 0. The van der Waals surface area contributed by atoms with Gasteiger partial charge >= 0.3 is 5.97 Å². The lowest BCUT2D eigenvalue weighted by Gasteiger charge is -2.36. The van der Waals surface area contributed by atoms with E-state index in [-0.39, 0.29) is 28.4 Å². The molecule has 2 rings (SSSR count). The van der Waals surface area contributed by atoms with Crippen LogP contribution in [0.4, 0.5) is 0 Å². The van der Waals surface area contributed by atoms with Crippen LogP contribution in [-0.2, 0) is 19.1 Å². The predicted molar refractivity (Wildman–Crippen MR) is 259 cm³/mol. The summed E-state index contributed by atoms with van der Waals surface area (Å²) in [6.07, 6.45) is 44.7. The highest BCUT2D eigenvalue weighted by molar-refractivity contribution is 6.02. The maximum absolute atomic E-state index is 13.3. The summed E-state index contributed by atoms with van der Waals surface area (Å²) in [7, 11) is 0. The number of allylic oxidation sites excluding steroid dienone is 20. The zero-order valence-corrected chi connectivity index (χ0v) is 40.1. The number of ether oxygens (including phenoxy) is 1. The fraction of sp³-hybridized carbons (Fsp3) is 0.554. The van der Waals surface area contributed by atoms with Crippen LogP contribution in [-0.4, -0.2) is 34.9 Å². The van der Waals surface area contributed by atoms with Gasteiger partial charge in [0.25, 0.3) is 0 Å². The Kier molecular flexibility index (Phi) is 24.2. The van der Waals surface area contributed by atoms with Gasteiger partial charge in [0.2, 0.25) is 0 Å².